The van der Waals surface area contributed by atoms with Crippen LogP contribution in [0.1, 0.15) is 26.2 Å². The largest absolute Gasteiger partial charge is 0.496 e. The van der Waals surface area contributed by atoms with Gasteiger partial charge >= 0.3 is 0 Å². The number of hydrogen-bond donors (Lipinski definition) is 0. The number of carbonyl (C=O) groups is 1. The minimum absolute atomic E-state index is 0.120. The lowest BCUT2D eigenvalue weighted by Gasteiger charge is -2.33. The van der Waals surface area contributed by atoms with Crippen LogP contribution in [0.2, 0.25) is 5.02 Å². The zero-order valence-electron chi connectivity index (χ0n) is 14.0. The van der Waals surface area contributed by atoms with Crippen molar-refractivity contribution in [1.29, 1.82) is 0 Å². The van der Waals surface area contributed by atoms with E-state index in [2.05, 4.69) is 12.0 Å². The van der Waals surface area contributed by atoms with Crippen LogP contribution in [0, 0.1) is 0 Å². The molecule has 1 fully saturated rings. The molecule has 24 heavy (non-hydrogen) atoms. The molecule has 0 spiro atoms. The minimum Gasteiger partial charge on any atom is -0.496 e. The number of halogens is 1. The first-order valence-corrected chi connectivity index (χ1v) is 8.63. The molecule has 1 unspecified atom stereocenters. The predicted molar refractivity (Wildman–Crippen MR) is 94.3 cm³/mol. The number of hydrogen-bond acceptors (Lipinski definition) is 3. The van der Waals surface area contributed by atoms with Gasteiger partial charge in [-0.2, -0.15) is 5.10 Å². The zero-order valence-corrected chi connectivity index (χ0v) is 14.8. The molecule has 1 amide bonds. The van der Waals surface area contributed by atoms with Crippen LogP contribution < -0.4 is 4.74 Å². The number of ether oxygens (including phenoxy) is 1. The summed E-state index contributed by atoms with van der Waals surface area (Å²) in [5.41, 5.74) is 1.57. The van der Waals surface area contributed by atoms with E-state index in [1.54, 1.807) is 17.9 Å². The second-order valence-corrected chi connectivity index (χ2v) is 6.61. The fraction of sp³-hybridized carbons (Fsp3) is 0.444. The molecular formula is C18H22ClN3O2. The number of amides is 1. The van der Waals surface area contributed by atoms with E-state index in [0.29, 0.717) is 16.8 Å². The van der Waals surface area contributed by atoms with Crippen molar-refractivity contribution in [3.05, 3.63) is 35.5 Å². The van der Waals surface area contributed by atoms with Gasteiger partial charge in [-0.25, -0.2) is 0 Å². The first-order valence-electron chi connectivity index (χ1n) is 8.25. The SMILES string of the molecule is COc1ccc(Cl)cc1-c1ccn(CC(=O)N2CCCCC2C)n1. The van der Waals surface area contributed by atoms with Gasteiger partial charge < -0.3 is 9.64 Å². The Morgan fingerprint density at radius 2 is 2.21 bits per heavy atom. The molecule has 1 saturated heterocycles. The van der Waals surface area contributed by atoms with E-state index in [4.69, 9.17) is 16.3 Å². The lowest BCUT2D eigenvalue weighted by Crippen LogP contribution is -2.43. The lowest BCUT2D eigenvalue weighted by molar-refractivity contribution is -0.135. The minimum atomic E-state index is 0.120. The summed E-state index contributed by atoms with van der Waals surface area (Å²) in [5, 5.41) is 5.14. The maximum atomic E-state index is 12.5. The van der Waals surface area contributed by atoms with Gasteiger partial charge in [-0.3, -0.25) is 9.48 Å². The first-order chi connectivity index (χ1) is 11.6. The molecule has 6 heteroatoms. The number of piperidine rings is 1. The molecule has 0 N–H and O–H groups in total. The zero-order chi connectivity index (χ0) is 17.1. The molecule has 2 heterocycles. The van der Waals surface area contributed by atoms with Crippen molar-refractivity contribution in [2.45, 2.75) is 38.8 Å². The normalized spacial score (nSPS) is 17.8. The van der Waals surface area contributed by atoms with Crippen LogP contribution in [0.3, 0.4) is 0 Å². The third kappa shape index (κ3) is 3.56. The molecule has 1 atom stereocenters. The Labute approximate surface area is 147 Å². The maximum Gasteiger partial charge on any atom is 0.244 e. The fourth-order valence-corrected chi connectivity index (χ4v) is 3.34. The van der Waals surface area contributed by atoms with Gasteiger partial charge in [-0.15, -0.1) is 0 Å². The van der Waals surface area contributed by atoms with Gasteiger partial charge in [0.15, 0.2) is 0 Å². The Balaban J connectivity index is 1.76. The van der Waals surface area contributed by atoms with Gasteiger partial charge in [0.1, 0.15) is 12.3 Å². The summed E-state index contributed by atoms with van der Waals surface area (Å²) in [6, 6.07) is 7.61. The molecule has 1 aliphatic rings. The summed E-state index contributed by atoms with van der Waals surface area (Å²) in [6.07, 6.45) is 5.18. The van der Waals surface area contributed by atoms with Crippen LogP contribution >= 0.6 is 11.6 Å². The van der Waals surface area contributed by atoms with E-state index >= 15 is 0 Å². The van der Waals surface area contributed by atoms with Gasteiger partial charge in [0.25, 0.3) is 0 Å². The van der Waals surface area contributed by atoms with Crippen molar-refractivity contribution in [2.75, 3.05) is 13.7 Å². The number of benzene rings is 1. The van der Waals surface area contributed by atoms with Crippen molar-refractivity contribution < 1.29 is 9.53 Å². The second-order valence-electron chi connectivity index (χ2n) is 6.18. The Kier molecular flexibility index (Phi) is 5.09. The van der Waals surface area contributed by atoms with Gasteiger partial charge in [0.2, 0.25) is 5.91 Å². The van der Waals surface area contributed by atoms with Crippen molar-refractivity contribution in [1.82, 2.24) is 14.7 Å². The monoisotopic (exact) mass is 347 g/mol. The Bertz CT molecular complexity index is 729. The van der Waals surface area contributed by atoms with E-state index in [1.807, 2.05) is 29.3 Å². The molecule has 0 bridgehead atoms. The van der Waals surface area contributed by atoms with Crippen LogP contribution in [0.5, 0.6) is 5.75 Å². The average molecular weight is 348 g/mol. The number of nitrogens with zero attached hydrogens (tertiary/aromatic N) is 3. The Morgan fingerprint density at radius 1 is 1.38 bits per heavy atom. The van der Waals surface area contributed by atoms with E-state index in [-0.39, 0.29) is 12.5 Å². The van der Waals surface area contributed by atoms with Crippen LogP contribution in [0.15, 0.2) is 30.5 Å². The van der Waals surface area contributed by atoms with E-state index in [9.17, 15) is 4.79 Å². The third-order valence-electron chi connectivity index (χ3n) is 4.50. The molecule has 0 radical (unpaired) electrons. The molecule has 5 nitrogen and oxygen atoms in total. The van der Waals surface area contributed by atoms with Crippen molar-refractivity contribution in [3.63, 3.8) is 0 Å². The topological polar surface area (TPSA) is 47.4 Å². The van der Waals surface area contributed by atoms with Crippen molar-refractivity contribution >= 4 is 17.5 Å². The number of carbonyl (C=O) groups excluding carboxylic acids is 1. The summed E-state index contributed by atoms with van der Waals surface area (Å²) >= 11 is 6.08. The second kappa shape index (κ2) is 7.26. The molecule has 0 aliphatic carbocycles. The summed E-state index contributed by atoms with van der Waals surface area (Å²) in [5.74, 6) is 0.829. The van der Waals surface area contributed by atoms with E-state index in [1.165, 1.54) is 6.42 Å². The maximum absolute atomic E-state index is 12.5. The van der Waals surface area contributed by atoms with Gasteiger partial charge in [0.05, 0.1) is 12.8 Å². The first kappa shape index (κ1) is 16.8. The van der Waals surface area contributed by atoms with E-state index in [0.717, 1.165) is 30.6 Å². The quantitative estimate of drug-likeness (QED) is 0.848. The Morgan fingerprint density at radius 3 is 2.96 bits per heavy atom. The summed E-state index contributed by atoms with van der Waals surface area (Å²) in [7, 11) is 1.62. The fourth-order valence-electron chi connectivity index (χ4n) is 3.17. The molecule has 128 valence electrons. The highest BCUT2D eigenvalue weighted by atomic mass is 35.5. The summed E-state index contributed by atoms with van der Waals surface area (Å²) < 4.78 is 7.05. The van der Waals surface area contributed by atoms with Gasteiger partial charge in [-0.1, -0.05) is 11.6 Å². The van der Waals surface area contributed by atoms with Gasteiger partial charge in [0, 0.05) is 29.4 Å². The van der Waals surface area contributed by atoms with Crippen LogP contribution in [-0.4, -0.2) is 40.3 Å². The highest BCUT2D eigenvalue weighted by molar-refractivity contribution is 6.30. The van der Waals surface area contributed by atoms with Crippen molar-refractivity contribution in [2.24, 2.45) is 0 Å². The van der Waals surface area contributed by atoms with Crippen LogP contribution in [0.25, 0.3) is 11.3 Å². The summed E-state index contributed by atoms with van der Waals surface area (Å²) in [6.45, 7) is 3.21. The average Bonchev–Trinajstić information content (AvgIpc) is 3.03. The lowest BCUT2D eigenvalue weighted by atomic mass is 10.0. The summed E-state index contributed by atoms with van der Waals surface area (Å²) in [4.78, 5) is 14.5. The molecule has 1 aromatic carbocycles. The number of methoxy groups -OCH3 is 1. The Hall–Kier alpha value is -2.01. The van der Waals surface area contributed by atoms with E-state index < -0.39 is 0 Å². The standard InChI is InChI=1S/C18H22ClN3O2/c1-13-5-3-4-9-22(13)18(23)12-21-10-8-16(20-21)15-11-14(19)6-7-17(15)24-2/h6-8,10-11,13H,3-5,9,12H2,1-2H3. The number of likely N-dealkylation sites (tertiary alicyclic amines) is 1. The highest BCUT2D eigenvalue weighted by Crippen LogP contribution is 2.31. The predicted octanol–water partition coefficient (Wildman–Crippen LogP) is 3.61. The molecule has 1 aliphatic heterocycles. The molecule has 2 aromatic rings. The smallest absolute Gasteiger partial charge is 0.244 e. The molecule has 0 saturated carbocycles. The molecule has 3 rings (SSSR count). The van der Waals surface area contributed by atoms with Crippen LogP contribution in [-0.2, 0) is 11.3 Å². The third-order valence-corrected chi connectivity index (χ3v) is 4.73. The highest BCUT2D eigenvalue weighted by Gasteiger charge is 2.23. The van der Waals surface area contributed by atoms with Crippen molar-refractivity contribution in [3.8, 4) is 17.0 Å². The van der Waals surface area contributed by atoms with Crippen LogP contribution in [0.4, 0.5) is 0 Å². The number of rotatable bonds is 4. The molecular weight excluding hydrogens is 326 g/mol. The van der Waals surface area contributed by atoms with Gasteiger partial charge in [-0.05, 0) is 50.5 Å². The number of aromatic nitrogens is 2. The molecule has 1 aromatic heterocycles.